The van der Waals surface area contributed by atoms with Gasteiger partial charge in [-0.25, -0.2) is 34.9 Å². The first kappa shape index (κ1) is 73.8. The molecule has 35 atom stereocenters. The van der Waals surface area contributed by atoms with Crippen molar-refractivity contribution in [1.29, 1.82) is 0 Å². The molecule has 105 heavy (non-hydrogen) atoms. The van der Waals surface area contributed by atoms with Crippen LogP contribution in [0.5, 0.6) is 0 Å². The molecule has 7 aromatic heterocycles. The molecule has 0 radical (unpaired) electrons. The Bertz CT molecular complexity index is 3060. The maximum atomic E-state index is 12.3. The van der Waals surface area contributed by atoms with Gasteiger partial charge in [0.25, 0.3) is 0 Å². The number of hydrogen-bond acceptors (Lipinski definition) is 35. The second-order valence-electron chi connectivity index (χ2n) is 27.2. The fourth-order valence-electron chi connectivity index (χ4n) is 14.6. The second kappa shape index (κ2) is 31.9. The van der Waals surface area contributed by atoms with Gasteiger partial charge >= 0.3 is 0 Å². The SMILES string of the molecule is O[C@@H]1[C@@H](O)[C@H]2O[C@H]3[C@H](O)[C@@H](O)[C@@H](O[C@H]4[C@H](O)[C@@H](O)[C@@H](O[C@H]5[C@H](O)[C@@H](O)[C@@H](O[C@H]6[C@H](O)[C@@H](O)[C@@H](O[C@H]7[C@H](O)[C@@H](O)[C@@H](O[C@H]8[C@H](O)[C@@H](O)[C@@H](O[C@@H]1[C@@H](Cn1ccnc1)O2)O[C@@H]8Cn1ccnc1)O[C@@H]7Cn1ccnc1)O[C@@H]6Cn1ccnc1)O[C@@H]5Cn1ccnc1)O[C@@H]4Cn1ccnc1)O[C@@H]3Cn1ccnc1. The van der Waals surface area contributed by atoms with Crippen molar-refractivity contribution in [1.82, 2.24) is 66.9 Å². The lowest BCUT2D eigenvalue weighted by atomic mass is 9.94. The molecule has 14 N–H and O–H groups in total. The minimum Gasteiger partial charge on any atom is -0.387 e. The molecule has 14 bridgehead atoms. The highest BCUT2D eigenvalue weighted by Crippen LogP contribution is 2.41. The molecule has 21 saturated heterocycles. The van der Waals surface area contributed by atoms with Crippen molar-refractivity contribution in [2.24, 2.45) is 0 Å². The summed E-state index contributed by atoms with van der Waals surface area (Å²) in [5, 5.41) is 172. The first-order valence-corrected chi connectivity index (χ1v) is 34.2. The number of aromatic nitrogens is 14. The number of hydrogen-bond donors (Lipinski definition) is 14. The Labute approximate surface area is 594 Å². The Morgan fingerprint density at radius 3 is 0.410 bits per heavy atom. The Balaban J connectivity index is 0.787. The van der Waals surface area contributed by atoms with E-state index in [-0.39, 0.29) is 45.8 Å². The average molecular weight is 1490 g/mol. The van der Waals surface area contributed by atoms with Crippen LogP contribution >= 0.6 is 0 Å². The number of aliphatic hydroxyl groups excluding tert-OH is 14. The predicted octanol–water partition coefficient (Wildman–Crippen LogP) is -8.90. The summed E-state index contributed by atoms with van der Waals surface area (Å²) < 4.78 is 101. The van der Waals surface area contributed by atoms with Crippen molar-refractivity contribution in [2.45, 2.75) is 261 Å². The lowest BCUT2D eigenvalue weighted by Crippen LogP contribution is -2.68. The van der Waals surface area contributed by atoms with Crippen LogP contribution in [0.1, 0.15) is 0 Å². The molecule has 0 aliphatic carbocycles. The summed E-state index contributed by atoms with van der Waals surface area (Å²) in [4.78, 5) is 28.9. The molecule has 0 aromatic carbocycles. The fraction of sp³-hybridized carbons (Fsp3) is 0.667. The van der Waals surface area contributed by atoms with Gasteiger partial charge in [-0.3, -0.25) is 0 Å². The van der Waals surface area contributed by atoms with E-state index < -0.39 is 215 Å². The molecular formula is C63H84N14O28. The highest BCUT2D eigenvalue weighted by molar-refractivity contribution is 5.04. The van der Waals surface area contributed by atoms with Gasteiger partial charge in [0.15, 0.2) is 44.0 Å². The number of rotatable bonds is 14. The molecule has 21 fully saturated rings. The molecule has 42 nitrogen and oxygen atoms in total. The van der Waals surface area contributed by atoms with Crippen LogP contribution in [-0.4, -0.2) is 353 Å². The van der Waals surface area contributed by atoms with Gasteiger partial charge in [0.05, 0.1) is 90.1 Å². The molecule has 42 heteroatoms. The van der Waals surface area contributed by atoms with Crippen LogP contribution in [0.25, 0.3) is 0 Å². The first-order valence-electron chi connectivity index (χ1n) is 34.2. The molecule has 574 valence electrons. The Kier molecular flexibility index (Phi) is 22.4. The molecule has 0 spiro atoms. The van der Waals surface area contributed by atoms with Crippen LogP contribution in [0.2, 0.25) is 0 Å². The van der Waals surface area contributed by atoms with Crippen LogP contribution in [0.3, 0.4) is 0 Å². The molecule has 0 unspecified atom stereocenters. The summed E-state index contributed by atoms with van der Waals surface area (Å²) in [5.41, 5.74) is 0. The van der Waals surface area contributed by atoms with Crippen molar-refractivity contribution in [3.8, 4) is 0 Å². The second-order valence-corrected chi connectivity index (χ2v) is 27.2. The van der Waals surface area contributed by atoms with Gasteiger partial charge < -0.3 is 170 Å². The topological polar surface area (TPSA) is 537 Å². The Hall–Kier alpha value is -6.65. The van der Waals surface area contributed by atoms with E-state index >= 15 is 0 Å². The Morgan fingerprint density at radius 2 is 0.305 bits per heavy atom. The molecule has 28 rings (SSSR count). The van der Waals surface area contributed by atoms with E-state index in [0.717, 1.165) is 0 Å². The van der Waals surface area contributed by atoms with Gasteiger partial charge in [-0.15, -0.1) is 0 Å². The van der Waals surface area contributed by atoms with Crippen LogP contribution in [0.15, 0.2) is 131 Å². The smallest absolute Gasteiger partial charge is 0.187 e. The van der Waals surface area contributed by atoms with E-state index in [4.69, 9.17) is 66.3 Å². The van der Waals surface area contributed by atoms with E-state index in [1.165, 1.54) is 120 Å². The molecular weight excluding hydrogens is 1400 g/mol. The fourth-order valence-corrected chi connectivity index (χ4v) is 14.6. The van der Waals surface area contributed by atoms with Crippen LogP contribution in [0, 0.1) is 0 Å². The molecule has 0 saturated carbocycles. The van der Waals surface area contributed by atoms with Crippen molar-refractivity contribution in [2.75, 3.05) is 0 Å². The minimum atomic E-state index is -2.09. The lowest BCUT2D eigenvalue weighted by Gasteiger charge is -2.50. The molecule has 21 aliphatic heterocycles. The third-order valence-electron chi connectivity index (χ3n) is 20.2. The van der Waals surface area contributed by atoms with E-state index in [1.807, 2.05) is 0 Å². The van der Waals surface area contributed by atoms with Crippen LogP contribution in [-0.2, 0) is 112 Å². The summed E-state index contributed by atoms with van der Waals surface area (Å²) in [6.45, 7) is -1.49. The summed E-state index contributed by atoms with van der Waals surface area (Å²) in [6.07, 6.45) is -32.8. The summed E-state index contributed by atoms with van der Waals surface area (Å²) in [6, 6.07) is 0. The van der Waals surface area contributed by atoms with E-state index in [9.17, 15) is 71.5 Å². The highest BCUT2D eigenvalue weighted by Gasteiger charge is 2.60. The molecule has 0 amide bonds. The molecule has 21 aliphatic rings. The quantitative estimate of drug-likeness (QED) is 0.0481. The minimum absolute atomic E-state index is 0.213. The Morgan fingerprint density at radius 1 is 0.181 bits per heavy atom. The van der Waals surface area contributed by atoms with Gasteiger partial charge in [0.2, 0.25) is 0 Å². The standard InChI is InChI=1S/C63H84N14O28/c78-36-43(85)57-92-29(15-71-8-1-64-22-71)50(36)99-58-44(86)37(79)52(31(93-58)17-73-10-3-66-24-73)101-60-46(88)39(81)54(33(95-60)19-75-12-5-68-26-75)103-62-48(90)41(83)56(35(97-62)21-77-14-7-70-28-77)105-63-49(91)42(84)55(34(98-63)20-76-13-6-69-27-76)104-61-47(89)40(82)53(32(96-61)18-74-11-4-67-25-74)102-59-45(87)38(80)51(100-57)30(94-59)16-72-9-2-65-23-72/h1-14,22-63,78-91H,15-21H2/t29-,30-,31-,32-,33-,34-,35-,36-,37-,38-,39-,40-,41-,42-,43-,44-,45-,46-,47-,48-,49-,50-,51-,52-,53-,54-,55-,56-,57-,58-,59-,60-,61-,62-,63-/m1/s1. The highest BCUT2D eigenvalue weighted by atomic mass is 16.8. The summed E-state index contributed by atoms with van der Waals surface area (Å²) in [5.74, 6) is 0. The molecule has 7 aromatic rings. The largest absolute Gasteiger partial charge is 0.387 e. The lowest BCUT2D eigenvalue weighted by molar-refractivity contribution is -0.395. The number of imidazole rings is 7. The van der Waals surface area contributed by atoms with E-state index in [1.54, 1.807) is 43.4 Å². The molecule has 28 heterocycles. The van der Waals surface area contributed by atoms with Crippen LogP contribution < -0.4 is 0 Å². The normalized spacial score (nSPS) is 43.7. The monoisotopic (exact) mass is 1480 g/mol. The van der Waals surface area contributed by atoms with Crippen LogP contribution in [0.4, 0.5) is 0 Å². The summed E-state index contributed by atoms with van der Waals surface area (Å²) in [7, 11) is 0. The van der Waals surface area contributed by atoms with Crippen molar-refractivity contribution >= 4 is 0 Å². The zero-order valence-electron chi connectivity index (χ0n) is 55.5. The number of nitrogens with zero attached hydrogens (tertiary/aromatic N) is 14. The van der Waals surface area contributed by atoms with Crippen molar-refractivity contribution < 1.29 is 138 Å². The van der Waals surface area contributed by atoms with Crippen molar-refractivity contribution in [3.63, 3.8) is 0 Å². The first-order chi connectivity index (χ1) is 50.8. The van der Waals surface area contributed by atoms with Gasteiger partial charge in [-0.1, -0.05) is 0 Å². The third-order valence-corrected chi connectivity index (χ3v) is 20.2. The zero-order valence-corrected chi connectivity index (χ0v) is 55.5. The maximum Gasteiger partial charge on any atom is 0.187 e. The number of aliphatic hydroxyl groups is 14. The van der Waals surface area contributed by atoms with Gasteiger partial charge in [0, 0.05) is 86.8 Å². The maximum absolute atomic E-state index is 12.3. The average Bonchev–Trinajstić information content (AvgIpc) is 1.12. The van der Waals surface area contributed by atoms with E-state index in [2.05, 4.69) is 34.9 Å². The third kappa shape index (κ3) is 15.6. The predicted molar refractivity (Wildman–Crippen MR) is 334 cm³/mol. The van der Waals surface area contributed by atoms with Gasteiger partial charge in [-0.05, 0) is 0 Å². The van der Waals surface area contributed by atoms with Gasteiger partial charge in [0.1, 0.15) is 171 Å². The van der Waals surface area contributed by atoms with Crippen molar-refractivity contribution in [3.05, 3.63) is 131 Å². The van der Waals surface area contributed by atoms with Gasteiger partial charge in [-0.2, -0.15) is 0 Å². The zero-order chi connectivity index (χ0) is 72.9. The number of ether oxygens (including phenoxy) is 14. The summed E-state index contributed by atoms with van der Waals surface area (Å²) >= 11 is 0. The van der Waals surface area contributed by atoms with E-state index in [0.29, 0.717) is 0 Å².